The lowest BCUT2D eigenvalue weighted by Gasteiger charge is -2.13. The second-order valence-corrected chi connectivity index (χ2v) is 6.40. The first-order valence-electron chi connectivity index (χ1n) is 8.93. The Hall–Kier alpha value is -2.18. The molecular formula is C19H26N4O2. The molecule has 6 heteroatoms. The number of hydrogen-bond acceptors (Lipinski definition) is 4. The SMILES string of the molecule is NC[C@H]1CC[C@@H](C(=O)NCc2nccn2CCCc2ccccc2)O1. The van der Waals surface area contributed by atoms with Gasteiger partial charge in [0.1, 0.15) is 11.9 Å². The van der Waals surface area contributed by atoms with Crippen LogP contribution in [-0.2, 0) is 29.0 Å². The van der Waals surface area contributed by atoms with Crippen molar-refractivity contribution in [2.75, 3.05) is 6.54 Å². The Balaban J connectivity index is 1.44. The van der Waals surface area contributed by atoms with Crippen molar-refractivity contribution in [1.29, 1.82) is 0 Å². The van der Waals surface area contributed by atoms with Crippen LogP contribution in [0.15, 0.2) is 42.7 Å². The molecule has 1 aromatic carbocycles. The smallest absolute Gasteiger partial charge is 0.249 e. The number of ether oxygens (including phenoxy) is 1. The number of nitrogens with zero attached hydrogens (tertiary/aromatic N) is 2. The van der Waals surface area contributed by atoms with E-state index in [0.29, 0.717) is 13.1 Å². The van der Waals surface area contributed by atoms with Crippen LogP contribution in [0.4, 0.5) is 0 Å². The number of hydrogen-bond donors (Lipinski definition) is 2. The van der Waals surface area contributed by atoms with Crippen LogP contribution in [0.5, 0.6) is 0 Å². The topological polar surface area (TPSA) is 82.2 Å². The Morgan fingerprint density at radius 2 is 2.16 bits per heavy atom. The maximum absolute atomic E-state index is 12.2. The van der Waals surface area contributed by atoms with E-state index in [9.17, 15) is 4.79 Å². The third-order valence-electron chi connectivity index (χ3n) is 4.59. The molecule has 0 unspecified atom stereocenters. The highest BCUT2D eigenvalue weighted by Gasteiger charge is 2.29. The summed E-state index contributed by atoms with van der Waals surface area (Å²) in [6, 6.07) is 10.4. The molecule has 2 aromatic rings. The zero-order valence-corrected chi connectivity index (χ0v) is 14.4. The molecule has 3 N–H and O–H groups in total. The monoisotopic (exact) mass is 342 g/mol. The molecule has 0 saturated carbocycles. The Morgan fingerprint density at radius 1 is 1.32 bits per heavy atom. The third kappa shape index (κ3) is 4.90. The second-order valence-electron chi connectivity index (χ2n) is 6.40. The quantitative estimate of drug-likeness (QED) is 0.764. The summed E-state index contributed by atoms with van der Waals surface area (Å²) in [6.07, 6.45) is 7.02. The number of rotatable bonds is 8. The van der Waals surface area contributed by atoms with E-state index in [2.05, 4.69) is 39.1 Å². The minimum atomic E-state index is -0.380. The van der Waals surface area contributed by atoms with Crippen LogP contribution >= 0.6 is 0 Å². The Morgan fingerprint density at radius 3 is 2.92 bits per heavy atom. The van der Waals surface area contributed by atoms with E-state index in [1.807, 2.05) is 12.3 Å². The van der Waals surface area contributed by atoms with E-state index in [1.165, 1.54) is 5.56 Å². The van der Waals surface area contributed by atoms with Crippen molar-refractivity contribution in [2.24, 2.45) is 5.73 Å². The van der Waals surface area contributed by atoms with Gasteiger partial charge in [0.15, 0.2) is 0 Å². The van der Waals surface area contributed by atoms with Gasteiger partial charge >= 0.3 is 0 Å². The summed E-state index contributed by atoms with van der Waals surface area (Å²) in [5.74, 6) is 0.796. The van der Waals surface area contributed by atoms with Crippen molar-refractivity contribution < 1.29 is 9.53 Å². The van der Waals surface area contributed by atoms with Crippen molar-refractivity contribution in [3.63, 3.8) is 0 Å². The summed E-state index contributed by atoms with van der Waals surface area (Å²) in [5, 5.41) is 2.93. The molecule has 0 spiro atoms. The van der Waals surface area contributed by atoms with E-state index < -0.39 is 0 Å². The van der Waals surface area contributed by atoms with Gasteiger partial charge in [0.25, 0.3) is 0 Å². The van der Waals surface area contributed by atoms with Crippen molar-refractivity contribution in [2.45, 2.75) is 51.0 Å². The summed E-state index contributed by atoms with van der Waals surface area (Å²) in [5.41, 5.74) is 6.92. The van der Waals surface area contributed by atoms with Gasteiger partial charge in [-0.3, -0.25) is 4.79 Å². The first-order chi connectivity index (χ1) is 12.3. The molecule has 2 heterocycles. The number of carbonyl (C=O) groups is 1. The second kappa shape index (κ2) is 8.78. The minimum Gasteiger partial charge on any atom is -0.364 e. The molecule has 6 nitrogen and oxygen atoms in total. The Kier molecular flexibility index (Phi) is 6.19. The Labute approximate surface area is 148 Å². The van der Waals surface area contributed by atoms with Crippen LogP contribution in [0.2, 0.25) is 0 Å². The van der Waals surface area contributed by atoms with E-state index in [4.69, 9.17) is 10.5 Å². The molecule has 1 fully saturated rings. The number of aromatic nitrogens is 2. The van der Waals surface area contributed by atoms with Gasteiger partial charge in [-0.15, -0.1) is 0 Å². The zero-order valence-electron chi connectivity index (χ0n) is 14.4. The zero-order chi connectivity index (χ0) is 17.5. The summed E-state index contributed by atoms with van der Waals surface area (Å²) in [4.78, 5) is 16.6. The predicted octanol–water partition coefficient (Wildman–Crippen LogP) is 1.64. The van der Waals surface area contributed by atoms with Crippen LogP contribution in [-0.4, -0.2) is 34.2 Å². The first-order valence-corrected chi connectivity index (χ1v) is 8.93. The van der Waals surface area contributed by atoms with Gasteiger partial charge in [0, 0.05) is 25.5 Å². The van der Waals surface area contributed by atoms with Crippen LogP contribution in [0.25, 0.3) is 0 Å². The average Bonchev–Trinajstić information content (AvgIpc) is 3.30. The standard InChI is InChI=1S/C19H26N4O2/c20-13-16-8-9-17(25-16)19(24)22-14-18-21-10-12-23(18)11-4-7-15-5-2-1-3-6-15/h1-3,5-6,10,12,16-17H,4,7-9,11,13-14,20H2,(H,22,24)/t16-,17+/m1/s1. The molecule has 1 aliphatic rings. The van der Waals surface area contributed by atoms with Gasteiger partial charge in [0.2, 0.25) is 5.91 Å². The van der Waals surface area contributed by atoms with Gasteiger partial charge in [-0.1, -0.05) is 30.3 Å². The molecule has 3 rings (SSSR count). The normalized spacial score (nSPS) is 19.9. The molecule has 25 heavy (non-hydrogen) atoms. The van der Waals surface area contributed by atoms with E-state index in [-0.39, 0.29) is 18.1 Å². The van der Waals surface area contributed by atoms with Gasteiger partial charge in [-0.05, 0) is 31.2 Å². The van der Waals surface area contributed by atoms with Crippen LogP contribution in [0.1, 0.15) is 30.7 Å². The fourth-order valence-corrected chi connectivity index (χ4v) is 3.16. The van der Waals surface area contributed by atoms with Gasteiger partial charge < -0.3 is 20.4 Å². The summed E-state index contributed by atoms with van der Waals surface area (Å²) in [6.45, 7) is 1.77. The highest BCUT2D eigenvalue weighted by molar-refractivity contribution is 5.80. The number of benzene rings is 1. The molecule has 0 bridgehead atoms. The molecule has 2 atom stereocenters. The number of nitrogens with two attached hydrogens (primary N) is 1. The number of imidazole rings is 1. The number of nitrogens with one attached hydrogen (secondary N) is 1. The summed E-state index contributed by atoms with van der Waals surface area (Å²) < 4.78 is 7.72. The first kappa shape index (κ1) is 17.6. The molecule has 1 aromatic heterocycles. The molecule has 1 saturated heterocycles. The number of aryl methyl sites for hydroxylation is 2. The predicted molar refractivity (Wildman–Crippen MR) is 95.8 cm³/mol. The lowest BCUT2D eigenvalue weighted by Crippen LogP contribution is -2.35. The molecule has 1 amide bonds. The van der Waals surface area contributed by atoms with Crippen molar-refractivity contribution in [3.8, 4) is 0 Å². The van der Waals surface area contributed by atoms with E-state index in [1.54, 1.807) is 6.20 Å². The maximum atomic E-state index is 12.2. The van der Waals surface area contributed by atoms with Crippen LogP contribution in [0.3, 0.4) is 0 Å². The molecular weight excluding hydrogens is 316 g/mol. The molecule has 0 radical (unpaired) electrons. The highest BCUT2D eigenvalue weighted by Crippen LogP contribution is 2.18. The average molecular weight is 342 g/mol. The molecule has 134 valence electrons. The van der Waals surface area contributed by atoms with Crippen LogP contribution in [0, 0.1) is 0 Å². The van der Waals surface area contributed by atoms with Crippen molar-refractivity contribution in [3.05, 3.63) is 54.1 Å². The highest BCUT2D eigenvalue weighted by atomic mass is 16.5. The summed E-state index contributed by atoms with van der Waals surface area (Å²) >= 11 is 0. The number of amides is 1. The molecule has 0 aliphatic carbocycles. The summed E-state index contributed by atoms with van der Waals surface area (Å²) in [7, 11) is 0. The minimum absolute atomic E-state index is 0.00993. The van der Waals surface area contributed by atoms with Gasteiger partial charge in [0.05, 0.1) is 12.6 Å². The largest absolute Gasteiger partial charge is 0.364 e. The van der Waals surface area contributed by atoms with Crippen molar-refractivity contribution in [1.82, 2.24) is 14.9 Å². The van der Waals surface area contributed by atoms with Gasteiger partial charge in [-0.2, -0.15) is 0 Å². The van der Waals surface area contributed by atoms with Gasteiger partial charge in [-0.25, -0.2) is 4.98 Å². The maximum Gasteiger partial charge on any atom is 0.249 e. The lowest BCUT2D eigenvalue weighted by atomic mass is 10.1. The van der Waals surface area contributed by atoms with E-state index in [0.717, 1.165) is 38.1 Å². The molecule has 1 aliphatic heterocycles. The fourth-order valence-electron chi connectivity index (χ4n) is 3.16. The van der Waals surface area contributed by atoms with Crippen molar-refractivity contribution >= 4 is 5.91 Å². The number of carbonyl (C=O) groups excluding carboxylic acids is 1. The third-order valence-corrected chi connectivity index (χ3v) is 4.59. The van der Waals surface area contributed by atoms with E-state index >= 15 is 0 Å². The van der Waals surface area contributed by atoms with Crippen LogP contribution < -0.4 is 11.1 Å². The fraction of sp³-hybridized carbons (Fsp3) is 0.474. The Bertz CT molecular complexity index is 671. The lowest BCUT2D eigenvalue weighted by molar-refractivity contribution is -0.132.